The third-order valence-electron chi connectivity index (χ3n) is 4.27. The smallest absolute Gasteiger partial charge is 0.212 e. The highest BCUT2D eigenvalue weighted by Crippen LogP contribution is 2.35. The van der Waals surface area contributed by atoms with Crippen molar-refractivity contribution in [3.63, 3.8) is 0 Å². The molecule has 0 aliphatic heterocycles. The molecule has 5 heteroatoms. The largest absolute Gasteiger partial charge is 0.493 e. The summed E-state index contributed by atoms with van der Waals surface area (Å²) in [7, 11) is 3.16. The summed E-state index contributed by atoms with van der Waals surface area (Å²) in [6.07, 6.45) is 1.74. The van der Waals surface area contributed by atoms with Gasteiger partial charge in [0.05, 0.1) is 20.3 Å². The summed E-state index contributed by atoms with van der Waals surface area (Å²) < 4.78 is 16.5. The van der Waals surface area contributed by atoms with Gasteiger partial charge in [0.1, 0.15) is 11.4 Å². The molecule has 0 atom stereocenters. The van der Waals surface area contributed by atoms with Crippen LogP contribution < -0.4 is 14.2 Å². The van der Waals surface area contributed by atoms with Crippen molar-refractivity contribution in [2.45, 2.75) is 26.9 Å². The van der Waals surface area contributed by atoms with Crippen LogP contribution >= 0.6 is 0 Å². The second-order valence-electron chi connectivity index (χ2n) is 6.57. The van der Waals surface area contributed by atoms with Crippen LogP contribution in [0.3, 0.4) is 0 Å². The van der Waals surface area contributed by atoms with Crippen molar-refractivity contribution in [1.82, 2.24) is 4.98 Å². The number of nitrogens with zero attached hydrogens (tertiary/aromatic N) is 1. The van der Waals surface area contributed by atoms with E-state index in [2.05, 4.69) is 4.98 Å². The van der Waals surface area contributed by atoms with Crippen LogP contribution in [0, 0.1) is 6.92 Å². The van der Waals surface area contributed by atoms with E-state index in [0.717, 1.165) is 16.3 Å². The van der Waals surface area contributed by atoms with E-state index >= 15 is 0 Å². The number of rotatable bonds is 6. The Morgan fingerprint density at radius 2 is 1.67 bits per heavy atom. The first-order chi connectivity index (χ1) is 12.9. The van der Waals surface area contributed by atoms with Gasteiger partial charge in [0.2, 0.25) is 5.78 Å². The lowest BCUT2D eigenvalue weighted by Gasteiger charge is -2.13. The Morgan fingerprint density at radius 1 is 1.00 bits per heavy atom. The van der Waals surface area contributed by atoms with E-state index in [1.807, 2.05) is 39.0 Å². The Kier molecular flexibility index (Phi) is 5.31. The lowest BCUT2D eigenvalue weighted by atomic mass is 9.99. The number of methoxy groups -OCH3 is 2. The lowest BCUT2D eigenvalue weighted by Crippen LogP contribution is -2.08. The predicted molar refractivity (Wildman–Crippen MR) is 105 cm³/mol. The molecule has 0 spiro atoms. The van der Waals surface area contributed by atoms with Gasteiger partial charge in [0.15, 0.2) is 11.5 Å². The highest BCUT2D eigenvalue weighted by Gasteiger charge is 2.18. The number of benzene rings is 2. The molecule has 3 aromatic rings. The van der Waals surface area contributed by atoms with Crippen molar-refractivity contribution in [3.05, 3.63) is 59.4 Å². The first-order valence-corrected chi connectivity index (χ1v) is 8.77. The Morgan fingerprint density at radius 3 is 2.30 bits per heavy atom. The molecule has 0 fully saturated rings. The molecule has 1 heterocycles. The van der Waals surface area contributed by atoms with E-state index in [4.69, 9.17) is 14.2 Å². The minimum absolute atomic E-state index is 0.0328. The average molecular weight is 365 g/mol. The Bertz CT molecular complexity index is 995. The van der Waals surface area contributed by atoms with Gasteiger partial charge < -0.3 is 14.2 Å². The van der Waals surface area contributed by atoms with Crippen LogP contribution in [-0.4, -0.2) is 31.1 Å². The molecule has 0 amide bonds. The average Bonchev–Trinajstić information content (AvgIpc) is 2.66. The van der Waals surface area contributed by atoms with Gasteiger partial charge in [0.25, 0.3) is 0 Å². The van der Waals surface area contributed by atoms with Gasteiger partial charge in [0, 0.05) is 17.1 Å². The van der Waals surface area contributed by atoms with Crippen molar-refractivity contribution < 1.29 is 19.0 Å². The van der Waals surface area contributed by atoms with Gasteiger partial charge in [-0.15, -0.1) is 0 Å². The van der Waals surface area contributed by atoms with E-state index in [-0.39, 0.29) is 11.9 Å². The van der Waals surface area contributed by atoms with E-state index in [0.29, 0.717) is 28.5 Å². The summed E-state index contributed by atoms with van der Waals surface area (Å²) in [4.78, 5) is 17.6. The molecule has 0 radical (unpaired) electrons. The molecule has 3 rings (SSSR count). The normalized spacial score (nSPS) is 10.9. The summed E-state index contributed by atoms with van der Waals surface area (Å²) in [5.41, 5.74) is 1.86. The van der Waals surface area contributed by atoms with Crippen LogP contribution in [0.2, 0.25) is 0 Å². The second-order valence-corrected chi connectivity index (χ2v) is 6.57. The van der Waals surface area contributed by atoms with Crippen molar-refractivity contribution in [2.75, 3.05) is 14.2 Å². The molecule has 0 aliphatic carbocycles. The third kappa shape index (κ3) is 3.72. The third-order valence-corrected chi connectivity index (χ3v) is 4.27. The van der Waals surface area contributed by atoms with Crippen molar-refractivity contribution in [3.8, 4) is 17.2 Å². The molecular weight excluding hydrogens is 342 g/mol. The quantitative estimate of drug-likeness (QED) is 0.599. The number of aromatic nitrogens is 1. The highest BCUT2D eigenvalue weighted by atomic mass is 16.5. The summed E-state index contributed by atoms with van der Waals surface area (Å²) in [5.74, 6) is 1.67. The summed E-state index contributed by atoms with van der Waals surface area (Å²) in [6.45, 7) is 5.85. The number of ketones is 1. The number of hydrogen-bond donors (Lipinski definition) is 0. The van der Waals surface area contributed by atoms with Gasteiger partial charge in [-0.2, -0.15) is 0 Å². The van der Waals surface area contributed by atoms with Gasteiger partial charge in [-0.25, -0.2) is 0 Å². The number of pyridine rings is 1. The number of fused-ring (bicyclic) bond motifs is 1. The minimum Gasteiger partial charge on any atom is -0.493 e. The van der Waals surface area contributed by atoms with Crippen LogP contribution in [0.25, 0.3) is 10.8 Å². The Balaban J connectivity index is 2.14. The molecule has 2 aromatic carbocycles. The topological polar surface area (TPSA) is 57.7 Å². The standard InChI is InChI=1S/C22H23NO4/c1-13(2)27-16-8-6-7-15(9-16)22(24)21-18-11-20(26-5)19(25-4)10-17(18)14(3)12-23-21/h6-13H,1-5H3. The van der Waals surface area contributed by atoms with Gasteiger partial charge >= 0.3 is 0 Å². The van der Waals surface area contributed by atoms with E-state index in [1.54, 1.807) is 38.6 Å². The maximum Gasteiger partial charge on any atom is 0.212 e. The summed E-state index contributed by atoms with van der Waals surface area (Å²) in [6, 6.07) is 10.8. The van der Waals surface area contributed by atoms with E-state index < -0.39 is 0 Å². The number of hydrogen-bond acceptors (Lipinski definition) is 5. The molecule has 0 N–H and O–H groups in total. The molecule has 0 unspecified atom stereocenters. The van der Waals surface area contributed by atoms with Crippen LogP contribution in [-0.2, 0) is 0 Å². The number of aryl methyl sites for hydroxylation is 1. The zero-order valence-corrected chi connectivity index (χ0v) is 16.2. The first kappa shape index (κ1) is 18.7. The molecule has 0 saturated heterocycles. The zero-order chi connectivity index (χ0) is 19.6. The number of carbonyl (C=O) groups is 1. The van der Waals surface area contributed by atoms with E-state index in [1.165, 1.54) is 0 Å². The Labute approximate surface area is 158 Å². The highest BCUT2D eigenvalue weighted by molar-refractivity contribution is 6.15. The predicted octanol–water partition coefficient (Wildman–Crippen LogP) is 4.58. The van der Waals surface area contributed by atoms with Gasteiger partial charge in [-0.1, -0.05) is 12.1 Å². The number of carbonyl (C=O) groups excluding carboxylic acids is 1. The maximum atomic E-state index is 13.2. The molecular formula is C22H23NO4. The molecule has 0 bridgehead atoms. The SMILES string of the molecule is COc1cc2c(C)cnc(C(=O)c3cccc(OC(C)C)c3)c2cc1OC. The van der Waals surface area contributed by atoms with Crippen LogP contribution in [0.1, 0.15) is 35.5 Å². The Hall–Kier alpha value is -3.08. The van der Waals surface area contributed by atoms with Crippen molar-refractivity contribution in [1.29, 1.82) is 0 Å². The lowest BCUT2D eigenvalue weighted by molar-refractivity contribution is 0.103. The van der Waals surface area contributed by atoms with Gasteiger partial charge in [-0.3, -0.25) is 9.78 Å². The second kappa shape index (κ2) is 7.66. The number of ether oxygens (including phenoxy) is 3. The van der Waals surface area contributed by atoms with Crippen LogP contribution in [0.5, 0.6) is 17.2 Å². The van der Waals surface area contributed by atoms with Gasteiger partial charge in [-0.05, 0) is 56.0 Å². The fraction of sp³-hybridized carbons (Fsp3) is 0.273. The molecule has 1 aromatic heterocycles. The van der Waals surface area contributed by atoms with E-state index in [9.17, 15) is 4.79 Å². The fourth-order valence-corrected chi connectivity index (χ4v) is 3.00. The molecule has 5 nitrogen and oxygen atoms in total. The molecule has 140 valence electrons. The van der Waals surface area contributed by atoms with Crippen molar-refractivity contribution in [2.24, 2.45) is 0 Å². The maximum absolute atomic E-state index is 13.2. The molecule has 0 aliphatic rings. The monoisotopic (exact) mass is 365 g/mol. The van der Waals surface area contributed by atoms with Crippen LogP contribution in [0.15, 0.2) is 42.6 Å². The molecule has 27 heavy (non-hydrogen) atoms. The van der Waals surface area contributed by atoms with Crippen molar-refractivity contribution >= 4 is 16.6 Å². The zero-order valence-electron chi connectivity index (χ0n) is 16.2. The minimum atomic E-state index is -0.165. The molecule has 0 saturated carbocycles. The van der Waals surface area contributed by atoms with Crippen LogP contribution in [0.4, 0.5) is 0 Å². The fourth-order valence-electron chi connectivity index (χ4n) is 3.00. The summed E-state index contributed by atoms with van der Waals surface area (Å²) in [5, 5.41) is 1.63. The summed E-state index contributed by atoms with van der Waals surface area (Å²) >= 11 is 0. The first-order valence-electron chi connectivity index (χ1n) is 8.77.